The molecule has 0 saturated heterocycles. The van der Waals surface area contributed by atoms with Crippen LogP contribution in [-0.4, -0.2) is 34.7 Å². The van der Waals surface area contributed by atoms with Crippen molar-refractivity contribution < 1.29 is 14.3 Å². The monoisotopic (exact) mass is 255 g/mol. The summed E-state index contributed by atoms with van der Waals surface area (Å²) in [5, 5.41) is 0. The van der Waals surface area contributed by atoms with E-state index in [1.54, 1.807) is 27.7 Å². The summed E-state index contributed by atoms with van der Waals surface area (Å²) in [6.45, 7) is 7.01. The van der Waals surface area contributed by atoms with Gasteiger partial charge in [-0.25, -0.2) is 4.79 Å². The lowest BCUT2D eigenvalue weighted by Crippen LogP contribution is -2.59. The van der Waals surface area contributed by atoms with E-state index in [1.807, 2.05) is 6.08 Å². The predicted octanol–water partition coefficient (Wildman–Crippen LogP) is 0.712. The summed E-state index contributed by atoms with van der Waals surface area (Å²) in [6, 6.07) is -0.830. The van der Waals surface area contributed by atoms with Gasteiger partial charge in [-0.1, -0.05) is 6.08 Å². The van der Waals surface area contributed by atoms with Crippen LogP contribution < -0.4 is 11.5 Å². The normalized spacial score (nSPS) is 24.5. The highest BCUT2D eigenvalue weighted by Crippen LogP contribution is 2.23. The Bertz CT molecular complexity index is 385. The van der Waals surface area contributed by atoms with Gasteiger partial charge in [-0.05, 0) is 39.7 Å². The minimum absolute atomic E-state index is 0.481. The summed E-state index contributed by atoms with van der Waals surface area (Å²) in [6.07, 6.45) is 1.09. The van der Waals surface area contributed by atoms with Crippen LogP contribution in [0.2, 0.25) is 0 Å². The van der Waals surface area contributed by atoms with E-state index in [0.717, 1.165) is 5.57 Å². The van der Waals surface area contributed by atoms with Gasteiger partial charge in [0.25, 0.3) is 0 Å². The number of rotatable bonds is 1. The molecule has 0 saturated carbocycles. The molecule has 0 aliphatic carbocycles. The van der Waals surface area contributed by atoms with E-state index < -0.39 is 29.8 Å². The quantitative estimate of drug-likeness (QED) is 0.674. The first-order valence-corrected chi connectivity index (χ1v) is 5.86. The summed E-state index contributed by atoms with van der Waals surface area (Å²) in [5.41, 5.74) is 11.3. The summed E-state index contributed by atoms with van der Waals surface area (Å²) < 4.78 is 5.25. The van der Waals surface area contributed by atoms with Gasteiger partial charge in [0.1, 0.15) is 11.6 Å². The molecule has 6 nitrogen and oxygen atoms in total. The van der Waals surface area contributed by atoms with Gasteiger partial charge in [0, 0.05) is 0 Å². The van der Waals surface area contributed by atoms with Crippen LogP contribution in [0.15, 0.2) is 11.6 Å². The van der Waals surface area contributed by atoms with Gasteiger partial charge in [-0.15, -0.1) is 0 Å². The molecule has 0 bridgehead atoms. The number of nitrogens with two attached hydrogens (primary N) is 2. The molecule has 0 spiro atoms. The summed E-state index contributed by atoms with van der Waals surface area (Å²) >= 11 is 0. The Morgan fingerprint density at radius 1 is 1.44 bits per heavy atom. The second kappa shape index (κ2) is 4.97. The Labute approximate surface area is 107 Å². The average Bonchev–Trinajstić information content (AvgIpc) is 2.17. The molecule has 2 amide bonds. The Hall–Kier alpha value is -1.56. The largest absolute Gasteiger partial charge is 0.444 e. The molecule has 1 aliphatic heterocycles. The van der Waals surface area contributed by atoms with Gasteiger partial charge in [0.15, 0.2) is 0 Å². The molecule has 0 aromatic heterocycles. The molecular weight excluding hydrogens is 234 g/mol. The molecule has 0 aromatic carbocycles. The van der Waals surface area contributed by atoms with Crippen LogP contribution in [0.1, 0.15) is 34.1 Å². The minimum Gasteiger partial charge on any atom is -0.444 e. The van der Waals surface area contributed by atoms with Crippen LogP contribution in [0.4, 0.5) is 4.79 Å². The van der Waals surface area contributed by atoms with Crippen molar-refractivity contribution in [1.82, 2.24) is 4.90 Å². The fraction of sp³-hybridized carbons (Fsp3) is 0.667. The molecule has 4 N–H and O–H groups in total. The van der Waals surface area contributed by atoms with Crippen molar-refractivity contribution in [3.8, 4) is 0 Å². The molecule has 18 heavy (non-hydrogen) atoms. The van der Waals surface area contributed by atoms with Crippen molar-refractivity contribution >= 4 is 12.0 Å². The fourth-order valence-electron chi connectivity index (χ4n) is 1.86. The lowest BCUT2D eigenvalue weighted by molar-refractivity contribution is -0.123. The molecule has 1 aliphatic rings. The molecule has 0 radical (unpaired) electrons. The van der Waals surface area contributed by atoms with Crippen LogP contribution in [0.3, 0.4) is 0 Å². The third-order valence-corrected chi connectivity index (χ3v) is 2.62. The minimum atomic E-state index is -0.830. The van der Waals surface area contributed by atoms with E-state index in [1.165, 1.54) is 4.90 Å². The Morgan fingerprint density at radius 3 is 2.44 bits per heavy atom. The van der Waals surface area contributed by atoms with Crippen LogP contribution >= 0.6 is 0 Å². The third-order valence-electron chi connectivity index (χ3n) is 2.62. The summed E-state index contributed by atoms with van der Waals surface area (Å²) in [7, 11) is 0. The van der Waals surface area contributed by atoms with Gasteiger partial charge in [0.2, 0.25) is 5.91 Å². The highest BCUT2D eigenvalue weighted by molar-refractivity contribution is 5.87. The molecule has 1 rings (SSSR count). The number of ether oxygens (including phenoxy) is 1. The summed E-state index contributed by atoms with van der Waals surface area (Å²) in [4.78, 5) is 24.8. The second-order valence-electron chi connectivity index (χ2n) is 5.44. The van der Waals surface area contributed by atoms with Gasteiger partial charge in [-0.2, -0.15) is 0 Å². The average molecular weight is 255 g/mol. The highest BCUT2D eigenvalue weighted by atomic mass is 16.6. The van der Waals surface area contributed by atoms with Gasteiger partial charge >= 0.3 is 6.09 Å². The van der Waals surface area contributed by atoms with E-state index >= 15 is 0 Å². The lowest BCUT2D eigenvalue weighted by atomic mass is 9.99. The van der Waals surface area contributed by atoms with Gasteiger partial charge in [-0.3, -0.25) is 9.69 Å². The van der Waals surface area contributed by atoms with Crippen LogP contribution in [0.5, 0.6) is 0 Å². The zero-order chi connectivity index (χ0) is 14.1. The zero-order valence-corrected chi connectivity index (χ0v) is 11.3. The number of carbonyl (C=O) groups excluding carboxylic acids is 2. The van der Waals surface area contributed by atoms with E-state index in [2.05, 4.69) is 0 Å². The van der Waals surface area contributed by atoms with Crippen LogP contribution in [0.25, 0.3) is 0 Å². The maximum atomic E-state index is 12.1. The number of nitrogens with zero attached hydrogens (tertiary/aromatic N) is 1. The SMILES string of the molecule is CC1=CCC(N)N(C(=O)OC(C)(C)C)C1C(N)=O. The standard InChI is InChI=1S/C12H21N3O3/c1-7-5-6-8(13)15(9(7)10(14)16)11(17)18-12(2,3)4/h5,8-9H,6,13H2,1-4H3,(H2,14,16). The maximum Gasteiger partial charge on any atom is 0.412 e. The smallest absolute Gasteiger partial charge is 0.412 e. The summed E-state index contributed by atoms with van der Waals surface area (Å²) in [5.74, 6) is -0.607. The Kier molecular flexibility index (Phi) is 4.01. The second-order valence-corrected chi connectivity index (χ2v) is 5.44. The number of hydrogen-bond acceptors (Lipinski definition) is 4. The van der Waals surface area contributed by atoms with Crippen molar-refractivity contribution in [3.05, 3.63) is 11.6 Å². The topological polar surface area (TPSA) is 98.7 Å². The molecule has 102 valence electrons. The van der Waals surface area contributed by atoms with Crippen LogP contribution in [0, 0.1) is 0 Å². The molecule has 2 atom stereocenters. The molecule has 0 fully saturated rings. The van der Waals surface area contributed by atoms with Gasteiger partial charge in [0.05, 0.1) is 6.17 Å². The fourth-order valence-corrected chi connectivity index (χ4v) is 1.86. The first-order valence-electron chi connectivity index (χ1n) is 5.86. The van der Waals surface area contributed by atoms with Crippen molar-refractivity contribution in [1.29, 1.82) is 0 Å². The Morgan fingerprint density at radius 2 is 2.00 bits per heavy atom. The van der Waals surface area contributed by atoms with E-state index in [0.29, 0.717) is 6.42 Å². The maximum absolute atomic E-state index is 12.1. The molecular formula is C12H21N3O3. The number of amides is 2. The van der Waals surface area contributed by atoms with Crippen molar-refractivity contribution in [2.24, 2.45) is 11.5 Å². The number of carbonyl (C=O) groups is 2. The lowest BCUT2D eigenvalue weighted by Gasteiger charge is -2.38. The van der Waals surface area contributed by atoms with Gasteiger partial charge < -0.3 is 16.2 Å². The van der Waals surface area contributed by atoms with E-state index in [-0.39, 0.29) is 0 Å². The van der Waals surface area contributed by atoms with E-state index in [9.17, 15) is 9.59 Å². The van der Waals surface area contributed by atoms with Crippen molar-refractivity contribution in [2.75, 3.05) is 0 Å². The molecule has 2 unspecified atom stereocenters. The Balaban J connectivity index is 2.99. The number of primary amides is 1. The van der Waals surface area contributed by atoms with E-state index in [4.69, 9.17) is 16.2 Å². The van der Waals surface area contributed by atoms with Crippen molar-refractivity contribution in [3.63, 3.8) is 0 Å². The first kappa shape index (κ1) is 14.5. The highest BCUT2D eigenvalue weighted by Gasteiger charge is 2.38. The molecule has 1 heterocycles. The number of hydrogen-bond donors (Lipinski definition) is 2. The molecule has 0 aromatic rings. The van der Waals surface area contributed by atoms with Crippen molar-refractivity contribution in [2.45, 2.75) is 51.9 Å². The predicted molar refractivity (Wildman–Crippen MR) is 67.4 cm³/mol. The zero-order valence-electron chi connectivity index (χ0n) is 11.3. The third kappa shape index (κ3) is 3.22. The first-order chi connectivity index (χ1) is 8.13. The molecule has 6 heteroatoms. The van der Waals surface area contributed by atoms with Crippen LogP contribution in [-0.2, 0) is 9.53 Å².